The Balaban J connectivity index is 1.66. The summed E-state index contributed by atoms with van der Waals surface area (Å²) < 4.78 is 21.6. The van der Waals surface area contributed by atoms with Crippen LogP contribution in [0, 0.1) is 0 Å². The van der Waals surface area contributed by atoms with Gasteiger partial charge in [-0.05, 0) is 48.9 Å². The fourth-order valence-electron chi connectivity index (χ4n) is 2.57. The van der Waals surface area contributed by atoms with Gasteiger partial charge in [-0.3, -0.25) is 10.1 Å². The third kappa shape index (κ3) is 5.04. The number of carbonyl (C=O) groups excluding carboxylic acids is 1. The summed E-state index contributed by atoms with van der Waals surface area (Å²) in [6.07, 6.45) is 2.05. The average Bonchev–Trinajstić information content (AvgIpc) is 3.22. The van der Waals surface area contributed by atoms with Gasteiger partial charge in [0.25, 0.3) is 5.91 Å². The van der Waals surface area contributed by atoms with Crippen LogP contribution in [0.4, 0.5) is 6.01 Å². The van der Waals surface area contributed by atoms with Crippen LogP contribution in [0.25, 0.3) is 11.5 Å². The quantitative estimate of drug-likeness (QED) is 0.541. The molecule has 1 aromatic heterocycles. The Kier molecular flexibility index (Phi) is 6.67. The van der Waals surface area contributed by atoms with Gasteiger partial charge >= 0.3 is 6.01 Å². The molecule has 0 fully saturated rings. The molecule has 0 aliphatic rings. The highest BCUT2D eigenvalue weighted by atomic mass is 16.5. The van der Waals surface area contributed by atoms with Crippen molar-refractivity contribution in [1.82, 2.24) is 10.2 Å². The van der Waals surface area contributed by atoms with Gasteiger partial charge in [0, 0.05) is 11.1 Å². The van der Waals surface area contributed by atoms with E-state index in [-0.39, 0.29) is 17.8 Å². The molecule has 1 N–H and O–H groups in total. The summed E-state index contributed by atoms with van der Waals surface area (Å²) in [6, 6.07) is 12.1. The molecule has 0 spiro atoms. The van der Waals surface area contributed by atoms with Crippen molar-refractivity contribution in [3.05, 3.63) is 48.0 Å². The van der Waals surface area contributed by atoms with Gasteiger partial charge in [0.05, 0.1) is 20.8 Å². The van der Waals surface area contributed by atoms with Crippen LogP contribution in [-0.2, 0) is 0 Å². The number of benzene rings is 2. The van der Waals surface area contributed by atoms with Crippen LogP contribution in [0.2, 0.25) is 0 Å². The number of hydrogen-bond donors (Lipinski definition) is 1. The molecule has 3 aromatic rings. The van der Waals surface area contributed by atoms with Crippen LogP contribution in [0.3, 0.4) is 0 Å². The minimum Gasteiger partial charge on any atom is -0.494 e. The molecule has 1 amide bonds. The van der Waals surface area contributed by atoms with E-state index in [0.29, 0.717) is 29.2 Å². The zero-order valence-corrected chi connectivity index (χ0v) is 16.6. The zero-order chi connectivity index (χ0) is 20.6. The van der Waals surface area contributed by atoms with E-state index in [1.807, 2.05) is 0 Å². The normalized spacial score (nSPS) is 10.4. The van der Waals surface area contributed by atoms with E-state index in [9.17, 15) is 4.79 Å². The Hall–Kier alpha value is -3.55. The van der Waals surface area contributed by atoms with E-state index in [1.54, 1.807) is 56.7 Å². The first-order valence-electron chi connectivity index (χ1n) is 9.24. The lowest BCUT2D eigenvalue weighted by Gasteiger charge is -2.07. The molecule has 152 valence electrons. The highest BCUT2D eigenvalue weighted by Gasteiger charge is 2.15. The van der Waals surface area contributed by atoms with Crippen LogP contribution >= 0.6 is 0 Å². The van der Waals surface area contributed by atoms with Gasteiger partial charge in [-0.2, -0.15) is 0 Å². The maximum Gasteiger partial charge on any atom is 0.322 e. The van der Waals surface area contributed by atoms with Crippen molar-refractivity contribution >= 4 is 11.9 Å². The van der Waals surface area contributed by atoms with Gasteiger partial charge in [0.1, 0.15) is 5.75 Å². The molecule has 0 aliphatic heterocycles. The first-order valence-corrected chi connectivity index (χ1v) is 9.24. The SMILES string of the molecule is CCCCOc1ccc(C(=O)Nc2nnc(-c3ccc(OC)c(OC)c3)o2)cc1. The maximum absolute atomic E-state index is 12.4. The second-order valence-electron chi connectivity index (χ2n) is 6.16. The van der Waals surface area contributed by atoms with Gasteiger partial charge in [-0.15, -0.1) is 5.10 Å². The summed E-state index contributed by atoms with van der Waals surface area (Å²) in [5, 5.41) is 10.4. The zero-order valence-electron chi connectivity index (χ0n) is 16.6. The molecule has 0 unspecified atom stereocenters. The van der Waals surface area contributed by atoms with Crippen LogP contribution in [-0.4, -0.2) is 36.9 Å². The highest BCUT2D eigenvalue weighted by molar-refractivity contribution is 6.03. The van der Waals surface area contributed by atoms with Gasteiger partial charge in [-0.1, -0.05) is 18.4 Å². The number of unbranched alkanes of at least 4 members (excludes halogenated alkanes) is 1. The summed E-state index contributed by atoms with van der Waals surface area (Å²) in [4.78, 5) is 12.4. The largest absolute Gasteiger partial charge is 0.494 e. The first kappa shape index (κ1) is 20.2. The molecule has 29 heavy (non-hydrogen) atoms. The molecule has 1 heterocycles. The van der Waals surface area contributed by atoms with E-state index in [1.165, 1.54) is 0 Å². The van der Waals surface area contributed by atoms with Gasteiger partial charge < -0.3 is 18.6 Å². The lowest BCUT2D eigenvalue weighted by Crippen LogP contribution is -2.12. The fourth-order valence-corrected chi connectivity index (χ4v) is 2.57. The molecule has 0 saturated heterocycles. The summed E-state index contributed by atoms with van der Waals surface area (Å²) in [5.74, 6) is 1.75. The molecule has 8 heteroatoms. The third-order valence-electron chi connectivity index (χ3n) is 4.16. The van der Waals surface area contributed by atoms with Gasteiger partial charge in [-0.25, -0.2) is 0 Å². The average molecular weight is 397 g/mol. The van der Waals surface area contributed by atoms with Crippen molar-refractivity contribution in [1.29, 1.82) is 0 Å². The van der Waals surface area contributed by atoms with E-state index in [2.05, 4.69) is 22.4 Å². The Bertz CT molecular complexity index is 953. The standard InChI is InChI=1S/C21H23N3O5/c1-4-5-12-28-16-9-6-14(7-10-16)19(25)22-21-24-23-20(29-21)15-8-11-17(26-2)18(13-15)27-3/h6-11,13H,4-5,12H2,1-3H3,(H,22,24,25). The van der Waals surface area contributed by atoms with Crippen molar-refractivity contribution in [3.63, 3.8) is 0 Å². The monoisotopic (exact) mass is 397 g/mol. The highest BCUT2D eigenvalue weighted by Crippen LogP contribution is 2.32. The van der Waals surface area contributed by atoms with E-state index in [0.717, 1.165) is 18.6 Å². The van der Waals surface area contributed by atoms with Crippen molar-refractivity contribution in [3.8, 4) is 28.7 Å². The predicted octanol–water partition coefficient (Wildman–Crippen LogP) is 4.19. The lowest BCUT2D eigenvalue weighted by atomic mass is 10.2. The number of rotatable bonds is 9. The van der Waals surface area contributed by atoms with Gasteiger partial charge in [0.2, 0.25) is 5.89 Å². The fraction of sp³-hybridized carbons (Fsp3) is 0.286. The minimum atomic E-state index is -0.354. The van der Waals surface area contributed by atoms with Crippen LogP contribution < -0.4 is 19.5 Å². The van der Waals surface area contributed by atoms with Crippen LogP contribution in [0.5, 0.6) is 17.2 Å². The van der Waals surface area contributed by atoms with Crippen molar-refractivity contribution in [2.24, 2.45) is 0 Å². The van der Waals surface area contributed by atoms with Crippen LogP contribution in [0.15, 0.2) is 46.9 Å². The number of methoxy groups -OCH3 is 2. The minimum absolute atomic E-state index is 0.00283. The van der Waals surface area contributed by atoms with Crippen LogP contribution in [0.1, 0.15) is 30.1 Å². The van der Waals surface area contributed by atoms with E-state index in [4.69, 9.17) is 18.6 Å². The van der Waals surface area contributed by atoms with Crippen molar-refractivity contribution in [2.45, 2.75) is 19.8 Å². The predicted molar refractivity (Wildman–Crippen MR) is 108 cm³/mol. The van der Waals surface area contributed by atoms with Crippen molar-refractivity contribution in [2.75, 3.05) is 26.1 Å². The first-order chi connectivity index (χ1) is 14.1. The Labute approximate surface area is 168 Å². The molecule has 3 rings (SSSR count). The lowest BCUT2D eigenvalue weighted by molar-refractivity contribution is 0.102. The Morgan fingerprint density at radius 2 is 1.79 bits per heavy atom. The van der Waals surface area contributed by atoms with Gasteiger partial charge in [0.15, 0.2) is 11.5 Å². The number of hydrogen-bond acceptors (Lipinski definition) is 7. The molecule has 0 atom stereocenters. The maximum atomic E-state index is 12.4. The van der Waals surface area contributed by atoms with E-state index >= 15 is 0 Å². The third-order valence-corrected chi connectivity index (χ3v) is 4.16. The number of carbonyl (C=O) groups is 1. The molecule has 2 aromatic carbocycles. The molecule has 0 radical (unpaired) electrons. The number of nitrogens with one attached hydrogen (secondary N) is 1. The topological polar surface area (TPSA) is 95.7 Å². The summed E-state index contributed by atoms with van der Waals surface area (Å²) in [6.45, 7) is 2.76. The summed E-state index contributed by atoms with van der Waals surface area (Å²) in [5.41, 5.74) is 1.10. The molecule has 0 bridgehead atoms. The molecular formula is C21H23N3O5. The molecule has 0 saturated carbocycles. The second kappa shape index (κ2) is 9.59. The molecular weight excluding hydrogens is 374 g/mol. The number of amides is 1. The van der Waals surface area contributed by atoms with Crippen molar-refractivity contribution < 1.29 is 23.4 Å². The Morgan fingerprint density at radius 3 is 2.48 bits per heavy atom. The number of aromatic nitrogens is 2. The summed E-state index contributed by atoms with van der Waals surface area (Å²) >= 11 is 0. The molecule has 0 aliphatic carbocycles. The second-order valence-corrected chi connectivity index (χ2v) is 6.16. The number of anilines is 1. The Morgan fingerprint density at radius 1 is 1.03 bits per heavy atom. The summed E-state index contributed by atoms with van der Waals surface area (Å²) in [7, 11) is 3.10. The number of nitrogens with zero attached hydrogens (tertiary/aromatic N) is 2. The smallest absolute Gasteiger partial charge is 0.322 e. The van der Waals surface area contributed by atoms with E-state index < -0.39 is 0 Å². The number of ether oxygens (including phenoxy) is 3. The molecule has 8 nitrogen and oxygen atoms in total.